The molecule has 0 heterocycles. The molecular weight excluding hydrogens is 935 g/mol. The molecule has 2 unspecified atom stereocenters. The maximum absolute atomic E-state index is 12.5. The lowest BCUT2D eigenvalue weighted by molar-refractivity contribution is -0.143. The summed E-state index contributed by atoms with van der Waals surface area (Å²) in [6, 6.07) is -0.545. The maximum atomic E-state index is 12.5. The first-order chi connectivity index (χ1) is 37.5. The Hall–Kier alpha value is -1.66. The number of esters is 1. The van der Waals surface area contributed by atoms with E-state index in [1.807, 2.05) is 0 Å². The minimum atomic E-state index is -0.667. The van der Waals surface area contributed by atoms with Gasteiger partial charge >= 0.3 is 5.97 Å². The fourth-order valence-electron chi connectivity index (χ4n) is 11.0. The van der Waals surface area contributed by atoms with Crippen molar-refractivity contribution in [3.05, 3.63) is 24.3 Å². The molecule has 6 nitrogen and oxygen atoms in total. The number of aliphatic hydroxyl groups excluding tert-OH is 2. The SMILES string of the molecule is CCCCCCCCCCCCCCCCCCCCCCCC(O)C(CO)NC(=O)CCCCCCCCCCCCC/C=C\C/C=C\CCCCCCCCCCCOC(=O)CCCCCCCCCCCCC. The van der Waals surface area contributed by atoms with Crippen molar-refractivity contribution >= 4 is 11.9 Å². The van der Waals surface area contributed by atoms with Gasteiger partial charge in [0.05, 0.1) is 25.4 Å². The molecule has 0 rings (SSSR count). The van der Waals surface area contributed by atoms with Crippen molar-refractivity contribution in [3.63, 3.8) is 0 Å². The molecular formula is C70H135NO5. The number of unbranched alkanes of at least 4 members (excludes halogenated alkanes) is 50. The highest BCUT2D eigenvalue weighted by atomic mass is 16.5. The van der Waals surface area contributed by atoms with Gasteiger partial charge < -0.3 is 20.3 Å². The molecule has 0 fully saturated rings. The van der Waals surface area contributed by atoms with Crippen LogP contribution in [0.5, 0.6) is 0 Å². The van der Waals surface area contributed by atoms with Crippen molar-refractivity contribution in [2.24, 2.45) is 0 Å². The Morgan fingerprint density at radius 2 is 0.658 bits per heavy atom. The fraction of sp³-hybridized carbons (Fsp3) is 0.914. The second kappa shape index (κ2) is 65.9. The average molecular weight is 1070 g/mol. The molecule has 0 bridgehead atoms. The van der Waals surface area contributed by atoms with Crippen LogP contribution in [-0.4, -0.2) is 47.4 Å². The van der Waals surface area contributed by atoms with Crippen LogP contribution in [0.1, 0.15) is 386 Å². The van der Waals surface area contributed by atoms with E-state index < -0.39 is 12.1 Å². The summed E-state index contributed by atoms with van der Waals surface area (Å²) in [5, 5.41) is 23.4. The van der Waals surface area contributed by atoms with Crippen LogP contribution in [0.4, 0.5) is 0 Å². The molecule has 0 radical (unpaired) electrons. The summed E-state index contributed by atoms with van der Waals surface area (Å²) in [5.41, 5.74) is 0. The number of nitrogens with one attached hydrogen (secondary N) is 1. The van der Waals surface area contributed by atoms with Crippen molar-refractivity contribution in [1.29, 1.82) is 0 Å². The zero-order valence-corrected chi connectivity index (χ0v) is 51.5. The van der Waals surface area contributed by atoms with Crippen LogP contribution in [0.3, 0.4) is 0 Å². The molecule has 76 heavy (non-hydrogen) atoms. The van der Waals surface area contributed by atoms with Gasteiger partial charge in [0, 0.05) is 12.8 Å². The Morgan fingerprint density at radius 1 is 0.368 bits per heavy atom. The van der Waals surface area contributed by atoms with Gasteiger partial charge in [-0.15, -0.1) is 0 Å². The molecule has 0 aliphatic carbocycles. The fourth-order valence-corrected chi connectivity index (χ4v) is 11.0. The van der Waals surface area contributed by atoms with E-state index in [4.69, 9.17) is 4.74 Å². The van der Waals surface area contributed by atoms with Gasteiger partial charge in [-0.1, -0.05) is 340 Å². The van der Waals surface area contributed by atoms with Gasteiger partial charge in [0.2, 0.25) is 5.91 Å². The number of rotatable bonds is 65. The largest absolute Gasteiger partial charge is 0.466 e. The smallest absolute Gasteiger partial charge is 0.305 e. The third kappa shape index (κ3) is 61.6. The zero-order valence-electron chi connectivity index (χ0n) is 51.5. The lowest BCUT2D eigenvalue weighted by Gasteiger charge is -2.22. The van der Waals surface area contributed by atoms with E-state index >= 15 is 0 Å². The van der Waals surface area contributed by atoms with Gasteiger partial charge in [-0.3, -0.25) is 9.59 Å². The highest BCUT2D eigenvalue weighted by Gasteiger charge is 2.20. The van der Waals surface area contributed by atoms with Crippen molar-refractivity contribution < 1.29 is 24.5 Å². The predicted molar refractivity (Wildman–Crippen MR) is 333 cm³/mol. The summed E-state index contributed by atoms with van der Waals surface area (Å²) in [4.78, 5) is 24.5. The van der Waals surface area contributed by atoms with Gasteiger partial charge in [0.1, 0.15) is 0 Å². The standard InChI is InChI=1S/C70H135NO5/c1-3-5-7-9-11-13-15-16-17-18-19-27-30-33-36-39-43-46-50-54-58-62-68(73)67(66-72)71-69(74)63-59-55-51-47-44-40-37-34-31-28-25-23-21-20-22-24-26-29-32-35-38-41-45-49-53-57-61-65-76-70(75)64-60-56-52-48-42-14-12-10-8-6-4-2/h20-21,24,26,67-68,72-73H,3-19,22-23,25,27-66H2,1-2H3,(H,71,74)/b21-20-,26-24-. The molecule has 0 saturated heterocycles. The Bertz CT molecular complexity index is 1190. The van der Waals surface area contributed by atoms with E-state index in [0.29, 0.717) is 25.9 Å². The van der Waals surface area contributed by atoms with Gasteiger partial charge in [0.15, 0.2) is 0 Å². The molecule has 450 valence electrons. The number of amides is 1. The van der Waals surface area contributed by atoms with Gasteiger partial charge in [-0.05, 0) is 57.8 Å². The van der Waals surface area contributed by atoms with Gasteiger partial charge in [0.25, 0.3) is 0 Å². The van der Waals surface area contributed by atoms with Crippen molar-refractivity contribution in [3.8, 4) is 0 Å². The van der Waals surface area contributed by atoms with E-state index in [1.54, 1.807) is 0 Å². The molecule has 1 amide bonds. The molecule has 6 heteroatoms. The minimum Gasteiger partial charge on any atom is -0.466 e. The van der Waals surface area contributed by atoms with E-state index in [-0.39, 0.29) is 18.5 Å². The molecule has 0 aliphatic heterocycles. The van der Waals surface area contributed by atoms with E-state index in [9.17, 15) is 19.8 Å². The molecule has 0 aromatic carbocycles. The number of ether oxygens (including phenoxy) is 1. The Kier molecular flexibility index (Phi) is 64.4. The topological polar surface area (TPSA) is 95.9 Å². The van der Waals surface area contributed by atoms with E-state index in [2.05, 4.69) is 43.5 Å². The number of carbonyl (C=O) groups excluding carboxylic acids is 2. The molecule has 3 N–H and O–H groups in total. The summed E-state index contributed by atoms with van der Waals surface area (Å²) < 4.78 is 5.47. The summed E-state index contributed by atoms with van der Waals surface area (Å²) in [7, 11) is 0. The van der Waals surface area contributed by atoms with E-state index in [0.717, 1.165) is 44.9 Å². The summed E-state index contributed by atoms with van der Waals surface area (Å²) >= 11 is 0. The second-order valence-electron chi connectivity index (χ2n) is 23.9. The van der Waals surface area contributed by atoms with Crippen LogP contribution >= 0.6 is 0 Å². The van der Waals surface area contributed by atoms with Gasteiger partial charge in [-0.25, -0.2) is 0 Å². The third-order valence-corrected chi connectivity index (χ3v) is 16.3. The first kappa shape index (κ1) is 74.3. The minimum absolute atomic E-state index is 0.0110. The Labute approximate surface area is 475 Å². The normalized spacial score (nSPS) is 12.6. The van der Waals surface area contributed by atoms with Gasteiger partial charge in [-0.2, -0.15) is 0 Å². The molecule has 0 saturated carbocycles. The van der Waals surface area contributed by atoms with Crippen LogP contribution in [-0.2, 0) is 14.3 Å². The highest BCUT2D eigenvalue weighted by Crippen LogP contribution is 2.19. The molecule has 0 aliphatic rings. The number of hydrogen-bond acceptors (Lipinski definition) is 5. The lowest BCUT2D eigenvalue weighted by atomic mass is 10.0. The monoisotopic (exact) mass is 1070 g/mol. The second-order valence-corrected chi connectivity index (χ2v) is 23.9. The number of hydrogen-bond donors (Lipinski definition) is 3. The quantitative estimate of drug-likeness (QED) is 0.0320. The number of aliphatic hydroxyl groups is 2. The lowest BCUT2D eigenvalue weighted by Crippen LogP contribution is -2.45. The maximum Gasteiger partial charge on any atom is 0.305 e. The van der Waals surface area contributed by atoms with Crippen LogP contribution in [0.25, 0.3) is 0 Å². The number of allylic oxidation sites excluding steroid dienone is 4. The van der Waals surface area contributed by atoms with Crippen molar-refractivity contribution in [2.75, 3.05) is 13.2 Å². The molecule has 0 spiro atoms. The summed E-state index contributed by atoms with van der Waals surface area (Å²) in [6.07, 6.45) is 82.2. The Balaban J connectivity index is 3.42. The molecule has 2 atom stereocenters. The first-order valence-electron chi connectivity index (χ1n) is 34.6. The van der Waals surface area contributed by atoms with Crippen LogP contribution in [0, 0.1) is 0 Å². The highest BCUT2D eigenvalue weighted by molar-refractivity contribution is 5.76. The van der Waals surface area contributed by atoms with Crippen LogP contribution in [0.15, 0.2) is 24.3 Å². The van der Waals surface area contributed by atoms with Crippen molar-refractivity contribution in [1.82, 2.24) is 5.32 Å². The Morgan fingerprint density at radius 3 is 1.00 bits per heavy atom. The number of carbonyl (C=O) groups is 2. The summed E-state index contributed by atoms with van der Waals surface area (Å²) in [5.74, 6) is -0.0229. The zero-order chi connectivity index (χ0) is 55.0. The molecule has 0 aromatic heterocycles. The van der Waals surface area contributed by atoms with E-state index in [1.165, 1.54) is 308 Å². The molecule has 0 aromatic rings. The first-order valence-corrected chi connectivity index (χ1v) is 34.6. The van der Waals surface area contributed by atoms with Crippen LogP contribution < -0.4 is 5.32 Å². The third-order valence-electron chi connectivity index (χ3n) is 16.3. The van der Waals surface area contributed by atoms with Crippen LogP contribution in [0.2, 0.25) is 0 Å². The predicted octanol–water partition coefficient (Wildman–Crippen LogP) is 22.1. The van der Waals surface area contributed by atoms with Crippen molar-refractivity contribution in [2.45, 2.75) is 398 Å². The summed E-state index contributed by atoms with van der Waals surface area (Å²) in [6.45, 7) is 4.98. The average Bonchev–Trinajstić information content (AvgIpc) is 3.42.